The average Bonchev–Trinajstić information content (AvgIpc) is 2.77. The second-order valence-electron chi connectivity index (χ2n) is 7.19. The molecule has 5 heteroatoms. The van der Waals surface area contributed by atoms with Crippen molar-refractivity contribution in [3.05, 3.63) is 65.7 Å². The van der Waals surface area contributed by atoms with Crippen molar-refractivity contribution >= 4 is 11.8 Å². The maximum absolute atomic E-state index is 12.3. The van der Waals surface area contributed by atoms with Crippen molar-refractivity contribution in [3.8, 4) is 5.75 Å². The van der Waals surface area contributed by atoms with Gasteiger partial charge in [-0.05, 0) is 55.0 Å². The minimum absolute atomic E-state index is 0.0161. The van der Waals surface area contributed by atoms with Crippen LogP contribution in [0.2, 0.25) is 0 Å². The summed E-state index contributed by atoms with van der Waals surface area (Å²) in [5.41, 5.74) is 1.92. The first-order valence-electron chi connectivity index (χ1n) is 9.98. The number of nitrogens with one attached hydrogen (secondary N) is 1. The Labute approximate surface area is 166 Å². The van der Waals surface area contributed by atoms with Gasteiger partial charge in [0.2, 0.25) is 0 Å². The molecule has 0 saturated carbocycles. The van der Waals surface area contributed by atoms with Crippen LogP contribution in [0.5, 0.6) is 5.75 Å². The molecule has 5 nitrogen and oxygen atoms in total. The summed E-state index contributed by atoms with van der Waals surface area (Å²) in [4.78, 5) is 26.5. The number of benzene rings is 2. The van der Waals surface area contributed by atoms with E-state index in [9.17, 15) is 9.59 Å². The highest BCUT2D eigenvalue weighted by Gasteiger charge is 2.23. The molecular weight excluding hydrogens is 352 g/mol. The molecule has 2 aromatic rings. The Morgan fingerprint density at radius 2 is 1.71 bits per heavy atom. The van der Waals surface area contributed by atoms with Gasteiger partial charge in [-0.2, -0.15) is 0 Å². The normalized spacial score (nSPS) is 14.5. The largest absolute Gasteiger partial charge is 0.484 e. The summed E-state index contributed by atoms with van der Waals surface area (Å²) >= 11 is 0. The fraction of sp³-hybridized carbons (Fsp3) is 0.391. The number of rotatable bonds is 7. The fourth-order valence-corrected chi connectivity index (χ4v) is 3.37. The van der Waals surface area contributed by atoms with E-state index in [1.165, 1.54) is 5.56 Å². The number of amides is 2. The van der Waals surface area contributed by atoms with Crippen LogP contribution in [0.3, 0.4) is 0 Å². The maximum atomic E-state index is 12.3. The number of ether oxygens (including phenoxy) is 1. The zero-order valence-corrected chi connectivity index (χ0v) is 16.4. The molecule has 2 aromatic carbocycles. The zero-order valence-electron chi connectivity index (χ0n) is 16.4. The average molecular weight is 380 g/mol. The number of carbonyl (C=O) groups excluding carboxylic acids is 2. The summed E-state index contributed by atoms with van der Waals surface area (Å²) in [5, 5.41) is 3.03. The van der Waals surface area contributed by atoms with Crippen molar-refractivity contribution < 1.29 is 14.3 Å². The van der Waals surface area contributed by atoms with Gasteiger partial charge in [0.15, 0.2) is 6.61 Å². The van der Waals surface area contributed by atoms with Crippen LogP contribution < -0.4 is 10.1 Å². The third-order valence-electron chi connectivity index (χ3n) is 5.25. The van der Waals surface area contributed by atoms with Crippen molar-refractivity contribution in [1.29, 1.82) is 0 Å². The van der Waals surface area contributed by atoms with Gasteiger partial charge in [0.25, 0.3) is 11.8 Å². The second kappa shape index (κ2) is 9.93. The second-order valence-corrected chi connectivity index (χ2v) is 7.19. The SMILES string of the molecule is CCc1ccc(C(=O)NCC2CCN(C(=O)COc3ccccc3)CC2)cc1. The Kier molecular flexibility index (Phi) is 7.06. The number of hydrogen-bond acceptors (Lipinski definition) is 3. The molecule has 0 aliphatic carbocycles. The Morgan fingerprint density at radius 1 is 1.04 bits per heavy atom. The predicted octanol–water partition coefficient (Wildman–Crippen LogP) is 3.30. The third-order valence-corrected chi connectivity index (χ3v) is 5.25. The van der Waals surface area contributed by atoms with Crippen molar-refractivity contribution in [1.82, 2.24) is 10.2 Å². The van der Waals surface area contributed by atoms with Gasteiger partial charge in [0, 0.05) is 25.2 Å². The van der Waals surface area contributed by atoms with Crippen LogP contribution in [0.1, 0.15) is 35.7 Å². The number of likely N-dealkylation sites (tertiary alicyclic amines) is 1. The van der Waals surface area contributed by atoms with E-state index in [1.807, 2.05) is 59.5 Å². The summed E-state index contributed by atoms with van der Waals surface area (Å²) in [7, 11) is 0. The molecule has 1 N–H and O–H groups in total. The van der Waals surface area contributed by atoms with Crippen molar-refractivity contribution in [3.63, 3.8) is 0 Å². The first kappa shape index (κ1) is 19.9. The highest BCUT2D eigenvalue weighted by molar-refractivity contribution is 5.94. The molecule has 148 valence electrons. The summed E-state index contributed by atoms with van der Waals surface area (Å²) in [6, 6.07) is 17.1. The molecule has 1 aliphatic rings. The number of para-hydroxylation sites is 1. The topological polar surface area (TPSA) is 58.6 Å². The van der Waals surface area contributed by atoms with E-state index in [0.29, 0.717) is 36.9 Å². The lowest BCUT2D eigenvalue weighted by Crippen LogP contribution is -2.43. The molecule has 0 bridgehead atoms. The Morgan fingerprint density at radius 3 is 2.36 bits per heavy atom. The first-order valence-corrected chi connectivity index (χ1v) is 9.98. The lowest BCUT2D eigenvalue weighted by Gasteiger charge is -2.32. The molecular formula is C23H28N2O3. The van der Waals surface area contributed by atoms with Gasteiger partial charge in [0.05, 0.1) is 0 Å². The van der Waals surface area contributed by atoms with Gasteiger partial charge in [0.1, 0.15) is 5.75 Å². The number of carbonyl (C=O) groups is 2. The molecule has 3 rings (SSSR count). The summed E-state index contributed by atoms with van der Waals surface area (Å²) in [6.45, 7) is 4.24. The molecule has 0 aromatic heterocycles. The van der Waals surface area contributed by atoms with E-state index in [1.54, 1.807) is 0 Å². The summed E-state index contributed by atoms with van der Waals surface area (Å²) in [5.74, 6) is 1.10. The quantitative estimate of drug-likeness (QED) is 0.802. The van der Waals surface area contributed by atoms with Gasteiger partial charge in [-0.15, -0.1) is 0 Å². The first-order chi connectivity index (χ1) is 13.7. The Bertz CT molecular complexity index is 766. The van der Waals surface area contributed by atoms with Crippen LogP contribution in [-0.4, -0.2) is 43.0 Å². The molecule has 1 saturated heterocycles. The van der Waals surface area contributed by atoms with Crippen LogP contribution in [0.25, 0.3) is 0 Å². The molecule has 1 heterocycles. The zero-order chi connectivity index (χ0) is 19.8. The lowest BCUT2D eigenvalue weighted by molar-refractivity contribution is -0.134. The van der Waals surface area contributed by atoms with Crippen LogP contribution >= 0.6 is 0 Å². The number of piperidine rings is 1. The lowest BCUT2D eigenvalue weighted by atomic mass is 9.96. The van der Waals surface area contributed by atoms with E-state index >= 15 is 0 Å². The standard InChI is InChI=1S/C23H28N2O3/c1-2-18-8-10-20(11-9-18)23(27)24-16-19-12-14-25(15-13-19)22(26)17-28-21-6-4-3-5-7-21/h3-11,19H,2,12-17H2,1H3,(H,24,27). The Hall–Kier alpha value is -2.82. The third kappa shape index (κ3) is 5.59. The summed E-state index contributed by atoms with van der Waals surface area (Å²) < 4.78 is 5.54. The van der Waals surface area contributed by atoms with Crippen molar-refractivity contribution in [2.75, 3.05) is 26.2 Å². The molecule has 28 heavy (non-hydrogen) atoms. The van der Waals surface area contributed by atoms with Crippen LogP contribution in [0.15, 0.2) is 54.6 Å². The molecule has 0 spiro atoms. The van der Waals surface area contributed by atoms with Crippen molar-refractivity contribution in [2.24, 2.45) is 5.92 Å². The fourth-order valence-electron chi connectivity index (χ4n) is 3.37. The van der Waals surface area contributed by atoms with Crippen LogP contribution in [0.4, 0.5) is 0 Å². The van der Waals surface area contributed by atoms with E-state index in [2.05, 4.69) is 12.2 Å². The predicted molar refractivity (Wildman–Crippen MR) is 109 cm³/mol. The van der Waals surface area contributed by atoms with Crippen molar-refractivity contribution in [2.45, 2.75) is 26.2 Å². The highest BCUT2D eigenvalue weighted by atomic mass is 16.5. The van der Waals surface area contributed by atoms with Gasteiger partial charge in [-0.1, -0.05) is 37.3 Å². The number of nitrogens with zero attached hydrogens (tertiary/aromatic N) is 1. The Balaban J connectivity index is 1.37. The van der Waals surface area contributed by atoms with E-state index in [0.717, 1.165) is 19.3 Å². The molecule has 2 amide bonds. The van der Waals surface area contributed by atoms with Gasteiger partial charge in [-0.25, -0.2) is 0 Å². The molecule has 0 unspecified atom stereocenters. The minimum Gasteiger partial charge on any atom is -0.484 e. The van der Waals surface area contributed by atoms with Gasteiger partial charge < -0.3 is 15.0 Å². The maximum Gasteiger partial charge on any atom is 0.260 e. The van der Waals surface area contributed by atoms with Crippen LogP contribution in [0, 0.1) is 5.92 Å². The smallest absolute Gasteiger partial charge is 0.260 e. The monoisotopic (exact) mass is 380 g/mol. The number of aryl methyl sites for hydroxylation is 1. The van der Waals surface area contributed by atoms with E-state index in [4.69, 9.17) is 4.74 Å². The van der Waals surface area contributed by atoms with E-state index in [-0.39, 0.29) is 18.4 Å². The highest BCUT2D eigenvalue weighted by Crippen LogP contribution is 2.17. The van der Waals surface area contributed by atoms with Gasteiger partial charge in [-0.3, -0.25) is 9.59 Å². The summed E-state index contributed by atoms with van der Waals surface area (Å²) in [6.07, 6.45) is 2.76. The van der Waals surface area contributed by atoms with Crippen LogP contribution in [-0.2, 0) is 11.2 Å². The van der Waals surface area contributed by atoms with Gasteiger partial charge >= 0.3 is 0 Å². The molecule has 0 radical (unpaired) electrons. The number of hydrogen-bond donors (Lipinski definition) is 1. The molecule has 1 aliphatic heterocycles. The minimum atomic E-state index is -0.0302. The molecule has 1 fully saturated rings. The molecule has 0 atom stereocenters. The van der Waals surface area contributed by atoms with E-state index < -0.39 is 0 Å².